The van der Waals surface area contributed by atoms with Crippen molar-refractivity contribution in [3.05, 3.63) is 41.0 Å². The fourth-order valence-corrected chi connectivity index (χ4v) is 1.94. The summed E-state index contributed by atoms with van der Waals surface area (Å²) in [6.45, 7) is 2.71. The molecule has 0 unspecified atom stereocenters. The summed E-state index contributed by atoms with van der Waals surface area (Å²) in [4.78, 5) is 0. The quantitative estimate of drug-likeness (QED) is 0.923. The molecule has 0 spiro atoms. The van der Waals surface area contributed by atoms with Gasteiger partial charge in [0.05, 0.1) is 5.69 Å². The Labute approximate surface area is 117 Å². The van der Waals surface area contributed by atoms with Crippen molar-refractivity contribution in [1.82, 2.24) is 4.57 Å². The van der Waals surface area contributed by atoms with Crippen LogP contribution in [0.1, 0.15) is 19.0 Å². The molecule has 2 N–H and O–H groups in total. The predicted molar refractivity (Wildman–Crippen MR) is 75.4 cm³/mol. The molecule has 1 aromatic heterocycles. The first-order chi connectivity index (χ1) is 9.15. The SMILES string of the molecule is CCCn1c(C#N)cc(N)c1Oc1ccc(Cl)cc1. The van der Waals surface area contributed by atoms with Crippen molar-refractivity contribution >= 4 is 17.3 Å². The van der Waals surface area contributed by atoms with Crippen molar-refractivity contribution in [3.63, 3.8) is 0 Å². The molecule has 0 saturated heterocycles. The molecule has 0 bridgehead atoms. The molecule has 0 aliphatic heterocycles. The number of rotatable bonds is 4. The Balaban J connectivity index is 2.36. The maximum absolute atomic E-state index is 9.09. The van der Waals surface area contributed by atoms with Gasteiger partial charge in [-0.2, -0.15) is 5.26 Å². The monoisotopic (exact) mass is 275 g/mol. The average molecular weight is 276 g/mol. The summed E-state index contributed by atoms with van der Waals surface area (Å²) in [7, 11) is 0. The highest BCUT2D eigenvalue weighted by atomic mass is 35.5. The minimum absolute atomic E-state index is 0.458. The average Bonchev–Trinajstić information content (AvgIpc) is 2.70. The molecule has 2 rings (SSSR count). The number of nitrogen functional groups attached to an aromatic ring is 1. The van der Waals surface area contributed by atoms with Crippen LogP contribution in [-0.2, 0) is 6.54 Å². The summed E-state index contributed by atoms with van der Waals surface area (Å²) in [5.41, 5.74) is 6.86. The zero-order valence-electron chi connectivity index (χ0n) is 10.6. The third-order valence-corrected chi connectivity index (χ3v) is 2.92. The summed E-state index contributed by atoms with van der Waals surface area (Å²) in [6.07, 6.45) is 0.889. The van der Waals surface area contributed by atoms with Gasteiger partial charge in [-0.25, -0.2) is 0 Å². The number of ether oxygens (including phenoxy) is 1. The second-order valence-corrected chi connectivity index (χ2v) is 4.55. The number of halogens is 1. The molecule has 0 aliphatic carbocycles. The van der Waals surface area contributed by atoms with Crippen LogP contribution in [0.5, 0.6) is 11.6 Å². The van der Waals surface area contributed by atoms with Gasteiger partial charge in [0.2, 0.25) is 5.88 Å². The van der Waals surface area contributed by atoms with E-state index in [1.807, 2.05) is 6.92 Å². The smallest absolute Gasteiger partial charge is 0.224 e. The van der Waals surface area contributed by atoms with Crippen LogP contribution in [0, 0.1) is 11.3 Å². The predicted octanol–water partition coefficient (Wildman–Crippen LogP) is 3.80. The minimum Gasteiger partial charge on any atom is -0.439 e. The Morgan fingerprint density at radius 1 is 1.37 bits per heavy atom. The number of hydrogen-bond acceptors (Lipinski definition) is 3. The molecule has 1 aromatic carbocycles. The zero-order chi connectivity index (χ0) is 13.8. The molecule has 4 nitrogen and oxygen atoms in total. The largest absolute Gasteiger partial charge is 0.439 e. The van der Waals surface area contributed by atoms with Gasteiger partial charge in [0.15, 0.2) is 0 Å². The number of anilines is 1. The van der Waals surface area contributed by atoms with E-state index in [0.29, 0.717) is 34.6 Å². The van der Waals surface area contributed by atoms with Crippen LogP contribution in [0.15, 0.2) is 30.3 Å². The number of nitriles is 1. The molecule has 0 amide bonds. The number of benzene rings is 1. The first-order valence-corrected chi connectivity index (χ1v) is 6.36. The van der Waals surface area contributed by atoms with Gasteiger partial charge in [0.1, 0.15) is 17.5 Å². The van der Waals surface area contributed by atoms with Crippen LogP contribution in [0.2, 0.25) is 5.02 Å². The number of hydrogen-bond donors (Lipinski definition) is 1. The van der Waals surface area contributed by atoms with Crippen molar-refractivity contribution < 1.29 is 4.74 Å². The van der Waals surface area contributed by atoms with E-state index in [0.717, 1.165) is 6.42 Å². The molecule has 98 valence electrons. The summed E-state index contributed by atoms with van der Waals surface area (Å²) in [5, 5.41) is 9.73. The molecule has 0 fully saturated rings. The van der Waals surface area contributed by atoms with Gasteiger partial charge in [0.25, 0.3) is 0 Å². The van der Waals surface area contributed by atoms with E-state index in [2.05, 4.69) is 6.07 Å². The Morgan fingerprint density at radius 3 is 2.63 bits per heavy atom. The molecule has 2 aromatic rings. The van der Waals surface area contributed by atoms with Gasteiger partial charge in [-0.1, -0.05) is 18.5 Å². The van der Waals surface area contributed by atoms with Crippen molar-refractivity contribution in [3.8, 4) is 17.7 Å². The Bertz CT molecular complexity index is 611. The van der Waals surface area contributed by atoms with E-state index < -0.39 is 0 Å². The van der Waals surface area contributed by atoms with E-state index in [-0.39, 0.29) is 0 Å². The molecule has 0 saturated carbocycles. The minimum atomic E-state index is 0.458. The standard InChI is InChI=1S/C14H14ClN3O/c1-2-7-18-11(9-16)8-13(17)14(18)19-12-5-3-10(15)4-6-12/h3-6,8H,2,7,17H2,1H3. The van der Waals surface area contributed by atoms with Crippen LogP contribution in [0.3, 0.4) is 0 Å². The van der Waals surface area contributed by atoms with Crippen LogP contribution in [0.25, 0.3) is 0 Å². The lowest BCUT2D eigenvalue weighted by molar-refractivity contribution is 0.428. The molecule has 5 heteroatoms. The highest BCUT2D eigenvalue weighted by molar-refractivity contribution is 6.30. The van der Waals surface area contributed by atoms with Crippen molar-refractivity contribution in [2.75, 3.05) is 5.73 Å². The maximum atomic E-state index is 9.09. The molecule has 0 atom stereocenters. The second-order valence-electron chi connectivity index (χ2n) is 4.11. The molecule has 0 radical (unpaired) electrons. The van der Waals surface area contributed by atoms with Crippen LogP contribution < -0.4 is 10.5 Å². The fourth-order valence-electron chi connectivity index (χ4n) is 1.82. The normalized spacial score (nSPS) is 10.2. The highest BCUT2D eigenvalue weighted by Gasteiger charge is 2.14. The van der Waals surface area contributed by atoms with Gasteiger partial charge in [0, 0.05) is 17.6 Å². The van der Waals surface area contributed by atoms with Crippen LogP contribution >= 0.6 is 11.6 Å². The van der Waals surface area contributed by atoms with E-state index >= 15 is 0 Å². The number of aromatic nitrogens is 1. The van der Waals surface area contributed by atoms with Gasteiger partial charge in [-0.3, -0.25) is 0 Å². The van der Waals surface area contributed by atoms with Gasteiger partial charge in [-0.05, 0) is 30.7 Å². The zero-order valence-corrected chi connectivity index (χ0v) is 11.3. The van der Waals surface area contributed by atoms with Gasteiger partial charge < -0.3 is 15.0 Å². The Morgan fingerprint density at radius 2 is 2.05 bits per heavy atom. The first kappa shape index (κ1) is 13.3. The lowest BCUT2D eigenvalue weighted by Gasteiger charge is -2.11. The van der Waals surface area contributed by atoms with Gasteiger partial charge >= 0.3 is 0 Å². The highest BCUT2D eigenvalue weighted by Crippen LogP contribution is 2.31. The Kier molecular flexibility index (Phi) is 3.98. The van der Waals surface area contributed by atoms with Gasteiger partial charge in [-0.15, -0.1) is 0 Å². The molecule has 19 heavy (non-hydrogen) atoms. The lowest BCUT2D eigenvalue weighted by atomic mass is 10.3. The molecule has 1 heterocycles. The van der Waals surface area contributed by atoms with Crippen molar-refractivity contribution in [2.24, 2.45) is 0 Å². The molecule has 0 aliphatic rings. The molecular weight excluding hydrogens is 262 g/mol. The van der Waals surface area contributed by atoms with Crippen molar-refractivity contribution in [2.45, 2.75) is 19.9 Å². The van der Waals surface area contributed by atoms with E-state index in [1.165, 1.54) is 0 Å². The first-order valence-electron chi connectivity index (χ1n) is 5.98. The molecular formula is C14H14ClN3O. The number of nitrogens with zero attached hydrogens (tertiary/aromatic N) is 2. The second kappa shape index (κ2) is 5.68. The third-order valence-electron chi connectivity index (χ3n) is 2.67. The third kappa shape index (κ3) is 2.83. The topological polar surface area (TPSA) is 64.0 Å². The van der Waals surface area contributed by atoms with E-state index in [1.54, 1.807) is 34.9 Å². The number of nitrogens with two attached hydrogens (primary N) is 1. The van der Waals surface area contributed by atoms with E-state index in [9.17, 15) is 0 Å². The van der Waals surface area contributed by atoms with Crippen LogP contribution in [0.4, 0.5) is 5.69 Å². The fraction of sp³-hybridized carbons (Fsp3) is 0.214. The lowest BCUT2D eigenvalue weighted by Crippen LogP contribution is -2.03. The summed E-state index contributed by atoms with van der Waals surface area (Å²) < 4.78 is 7.54. The Hall–Kier alpha value is -2.12. The maximum Gasteiger partial charge on any atom is 0.224 e. The van der Waals surface area contributed by atoms with Crippen molar-refractivity contribution in [1.29, 1.82) is 5.26 Å². The van der Waals surface area contributed by atoms with Crippen LogP contribution in [-0.4, -0.2) is 4.57 Å². The summed E-state index contributed by atoms with van der Waals surface area (Å²) in [6, 6.07) is 10.7. The van der Waals surface area contributed by atoms with E-state index in [4.69, 9.17) is 27.3 Å². The summed E-state index contributed by atoms with van der Waals surface area (Å²) in [5.74, 6) is 1.14. The summed E-state index contributed by atoms with van der Waals surface area (Å²) >= 11 is 5.82.